The number of hydroxylamine groups is 2. The number of hydrogen-bond acceptors (Lipinski definition) is 8. The van der Waals surface area contributed by atoms with Gasteiger partial charge in [-0.1, -0.05) is 0 Å². The fourth-order valence-electron chi connectivity index (χ4n) is 2.48. The first-order chi connectivity index (χ1) is 12.8. The number of amides is 4. The van der Waals surface area contributed by atoms with Gasteiger partial charge < -0.3 is 15.5 Å². The van der Waals surface area contributed by atoms with Gasteiger partial charge in [-0.2, -0.15) is 0 Å². The molecule has 2 N–H and O–H groups in total. The summed E-state index contributed by atoms with van der Waals surface area (Å²) in [6.07, 6.45) is -0.216. The van der Waals surface area contributed by atoms with Crippen molar-refractivity contribution in [1.29, 1.82) is 0 Å². The lowest BCUT2D eigenvalue weighted by molar-refractivity contribution is -0.197. The Morgan fingerprint density at radius 2 is 1.89 bits per heavy atom. The molecule has 0 aromatic carbocycles. The van der Waals surface area contributed by atoms with Crippen molar-refractivity contribution in [3.8, 4) is 0 Å². The average molecular weight is 416 g/mol. The molecule has 2 aliphatic rings. The van der Waals surface area contributed by atoms with Gasteiger partial charge in [0.1, 0.15) is 0 Å². The minimum atomic E-state index is -0.847. The summed E-state index contributed by atoms with van der Waals surface area (Å²) in [7, 11) is 1.69. The van der Waals surface area contributed by atoms with Crippen molar-refractivity contribution >= 4 is 58.7 Å². The SMILES string of the molecule is CNC(=S)NCCSC1CC(=O)N(CCC(=O)ON2C(=O)CCC2=O)C1=O. The molecule has 1 atom stereocenters. The highest BCUT2D eigenvalue weighted by Crippen LogP contribution is 2.25. The maximum Gasteiger partial charge on any atom is 0.335 e. The fourth-order valence-corrected chi connectivity index (χ4v) is 3.62. The lowest BCUT2D eigenvalue weighted by Gasteiger charge is -2.16. The number of carbonyl (C=O) groups is 5. The lowest BCUT2D eigenvalue weighted by atomic mass is 10.4. The number of nitrogens with zero attached hydrogens (tertiary/aromatic N) is 2. The third-order valence-electron chi connectivity index (χ3n) is 3.87. The zero-order chi connectivity index (χ0) is 20.0. The van der Waals surface area contributed by atoms with E-state index in [0.717, 1.165) is 4.90 Å². The van der Waals surface area contributed by atoms with Crippen molar-refractivity contribution in [1.82, 2.24) is 20.6 Å². The van der Waals surface area contributed by atoms with E-state index in [-0.39, 0.29) is 44.0 Å². The maximum absolute atomic E-state index is 12.3. The Bertz CT molecular complexity index is 655. The number of thiocarbonyl (C=S) groups is 1. The molecule has 4 amide bonds. The second-order valence-electron chi connectivity index (χ2n) is 5.75. The van der Waals surface area contributed by atoms with E-state index in [9.17, 15) is 24.0 Å². The summed E-state index contributed by atoms with van der Waals surface area (Å²) in [6, 6.07) is 0. The van der Waals surface area contributed by atoms with E-state index in [1.54, 1.807) is 7.05 Å². The first-order valence-electron chi connectivity index (χ1n) is 8.31. The van der Waals surface area contributed by atoms with Crippen LogP contribution in [0, 0.1) is 0 Å². The molecule has 0 radical (unpaired) electrons. The monoisotopic (exact) mass is 416 g/mol. The van der Waals surface area contributed by atoms with Gasteiger partial charge in [-0.25, -0.2) is 4.79 Å². The highest BCUT2D eigenvalue weighted by Gasteiger charge is 2.39. The van der Waals surface area contributed by atoms with Gasteiger partial charge in [0.25, 0.3) is 11.8 Å². The zero-order valence-electron chi connectivity index (χ0n) is 14.7. The Balaban J connectivity index is 1.74. The molecule has 2 aliphatic heterocycles. The van der Waals surface area contributed by atoms with Crippen LogP contribution in [0.2, 0.25) is 0 Å². The molecule has 0 aromatic rings. The zero-order valence-corrected chi connectivity index (χ0v) is 16.3. The van der Waals surface area contributed by atoms with Crippen LogP contribution in [-0.4, -0.2) is 75.8 Å². The van der Waals surface area contributed by atoms with Crippen LogP contribution in [0.15, 0.2) is 0 Å². The van der Waals surface area contributed by atoms with Gasteiger partial charge in [0.15, 0.2) is 5.11 Å². The third kappa shape index (κ3) is 5.63. The van der Waals surface area contributed by atoms with Crippen LogP contribution >= 0.6 is 24.0 Å². The van der Waals surface area contributed by atoms with Crippen LogP contribution in [0.5, 0.6) is 0 Å². The Hall–Kier alpha value is -2.21. The van der Waals surface area contributed by atoms with Crippen molar-refractivity contribution in [2.24, 2.45) is 0 Å². The quantitative estimate of drug-likeness (QED) is 0.287. The minimum absolute atomic E-state index is 0.00200. The molecule has 27 heavy (non-hydrogen) atoms. The summed E-state index contributed by atoms with van der Waals surface area (Å²) >= 11 is 6.28. The van der Waals surface area contributed by atoms with Gasteiger partial charge in [-0.05, 0) is 12.2 Å². The van der Waals surface area contributed by atoms with Crippen LogP contribution in [0.25, 0.3) is 0 Å². The predicted molar refractivity (Wildman–Crippen MR) is 99.0 cm³/mol. The standard InChI is InChI=1S/C15H20N4O6S2/c1-16-15(26)17-5-7-27-9-8-12(22)18(14(9)24)6-4-13(23)25-19-10(20)2-3-11(19)21/h9H,2-8H2,1H3,(H2,16,17,26). The maximum atomic E-state index is 12.3. The molecule has 0 saturated carbocycles. The molecular weight excluding hydrogens is 396 g/mol. The second-order valence-corrected chi connectivity index (χ2v) is 7.47. The number of thioether (sulfide) groups is 1. The van der Waals surface area contributed by atoms with Gasteiger partial charge in [0.05, 0.1) is 11.7 Å². The largest absolute Gasteiger partial charge is 0.366 e. The van der Waals surface area contributed by atoms with E-state index in [0.29, 0.717) is 22.5 Å². The van der Waals surface area contributed by atoms with Crippen molar-refractivity contribution in [3.63, 3.8) is 0 Å². The van der Waals surface area contributed by atoms with Crippen molar-refractivity contribution in [3.05, 3.63) is 0 Å². The Kier molecular flexibility index (Phi) is 7.54. The van der Waals surface area contributed by atoms with E-state index in [1.807, 2.05) is 0 Å². The van der Waals surface area contributed by atoms with E-state index in [4.69, 9.17) is 17.1 Å². The number of hydrogen-bond donors (Lipinski definition) is 2. The van der Waals surface area contributed by atoms with Crippen LogP contribution in [0.1, 0.15) is 25.7 Å². The van der Waals surface area contributed by atoms with Crippen LogP contribution < -0.4 is 10.6 Å². The summed E-state index contributed by atoms with van der Waals surface area (Å²) in [5.74, 6) is -2.14. The van der Waals surface area contributed by atoms with Crippen LogP contribution in [0.4, 0.5) is 0 Å². The van der Waals surface area contributed by atoms with Crippen LogP contribution in [0.3, 0.4) is 0 Å². The van der Waals surface area contributed by atoms with E-state index in [1.165, 1.54) is 11.8 Å². The number of carbonyl (C=O) groups excluding carboxylic acids is 5. The second kappa shape index (κ2) is 9.65. The molecule has 1 unspecified atom stereocenters. The van der Waals surface area contributed by atoms with Gasteiger partial charge in [0, 0.05) is 45.2 Å². The average Bonchev–Trinajstić information content (AvgIpc) is 3.09. The Labute approximate surface area is 165 Å². The lowest BCUT2D eigenvalue weighted by Crippen LogP contribution is -2.36. The third-order valence-corrected chi connectivity index (χ3v) is 5.43. The highest BCUT2D eigenvalue weighted by molar-refractivity contribution is 8.00. The topological polar surface area (TPSA) is 125 Å². The summed E-state index contributed by atoms with van der Waals surface area (Å²) in [5.41, 5.74) is 0. The number of rotatable bonds is 8. The smallest absolute Gasteiger partial charge is 0.335 e. The summed E-state index contributed by atoms with van der Waals surface area (Å²) in [4.78, 5) is 64.7. The van der Waals surface area contributed by atoms with Gasteiger partial charge in [-0.3, -0.25) is 24.1 Å². The first kappa shape index (κ1) is 21.1. The fraction of sp³-hybridized carbons (Fsp3) is 0.600. The molecule has 2 fully saturated rings. The van der Waals surface area contributed by atoms with Crippen LogP contribution in [-0.2, 0) is 28.8 Å². The molecule has 0 bridgehead atoms. The molecule has 2 rings (SSSR count). The first-order valence-corrected chi connectivity index (χ1v) is 9.77. The number of nitrogens with one attached hydrogen (secondary N) is 2. The number of likely N-dealkylation sites (tertiary alicyclic amines) is 1. The Morgan fingerprint density at radius 3 is 2.52 bits per heavy atom. The summed E-state index contributed by atoms with van der Waals surface area (Å²) in [5, 5.41) is 6.15. The van der Waals surface area contributed by atoms with E-state index in [2.05, 4.69) is 10.6 Å². The highest BCUT2D eigenvalue weighted by atomic mass is 32.2. The van der Waals surface area contributed by atoms with Crippen molar-refractivity contribution in [2.75, 3.05) is 25.9 Å². The predicted octanol–water partition coefficient (Wildman–Crippen LogP) is -1.06. The normalized spacial score (nSPS) is 19.7. The van der Waals surface area contributed by atoms with Gasteiger partial charge in [0.2, 0.25) is 11.8 Å². The van der Waals surface area contributed by atoms with Crippen molar-refractivity contribution < 1.29 is 28.8 Å². The van der Waals surface area contributed by atoms with Gasteiger partial charge in [-0.15, -0.1) is 16.8 Å². The molecule has 2 heterocycles. The molecule has 148 valence electrons. The minimum Gasteiger partial charge on any atom is -0.366 e. The molecule has 2 saturated heterocycles. The van der Waals surface area contributed by atoms with Crippen molar-refractivity contribution in [2.45, 2.75) is 30.9 Å². The molecular formula is C15H20N4O6S2. The molecule has 0 spiro atoms. The van der Waals surface area contributed by atoms with E-state index >= 15 is 0 Å². The van der Waals surface area contributed by atoms with Gasteiger partial charge >= 0.3 is 5.97 Å². The summed E-state index contributed by atoms with van der Waals surface area (Å²) in [6.45, 7) is 0.401. The molecule has 0 aromatic heterocycles. The van der Waals surface area contributed by atoms with E-state index < -0.39 is 23.0 Å². The molecule has 0 aliphatic carbocycles. The molecule has 10 nitrogen and oxygen atoms in total. The molecule has 12 heteroatoms. The number of imide groups is 2. The summed E-state index contributed by atoms with van der Waals surface area (Å²) < 4.78 is 0. The Morgan fingerprint density at radius 1 is 1.22 bits per heavy atom.